The SMILES string of the molecule is CC(=NCc1nnc(C2CN(Cc3ccccc3)CC2C)nc1C)c1ccccc1C. The molecule has 4 rings (SSSR count). The summed E-state index contributed by atoms with van der Waals surface area (Å²) in [6.45, 7) is 12.0. The standard InChI is InChI=1S/C26H31N5/c1-18-10-8-9-13-23(18)20(3)27-14-25-21(4)28-26(30-29-25)24-17-31(15-19(24)2)16-22-11-6-5-7-12-22/h5-13,19,24H,14-17H2,1-4H3. The van der Waals surface area contributed by atoms with Gasteiger partial charge in [0.15, 0.2) is 5.82 Å². The van der Waals surface area contributed by atoms with Gasteiger partial charge in [0, 0.05) is 31.3 Å². The molecule has 1 fully saturated rings. The topological polar surface area (TPSA) is 54.3 Å². The summed E-state index contributed by atoms with van der Waals surface area (Å²) in [6.07, 6.45) is 0. The van der Waals surface area contributed by atoms with Crippen LogP contribution in [-0.2, 0) is 13.1 Å². The van der Waals surface area contributed by atoms with E-state index in [9.17, 15) is 0 Å². The lowest BCUT2D eigenvalue weighted by atomic mass is 9.97. The summed E-state index contributed by atoms with van der Waals surface area (Å²) in [7, 11) is 0. The van der Waals surface area contributed by atoms with Gasteiger partial charge in [0.1, 0.15) is 5.69 Å². The third-order valence-corrected chi connectivity index (χ3v) is 6.24. The van der Waals surface area contributed by atoms with Crippen molar-refractivity contribution in [3.63, 3.8) is 0 Å². The predicted molar refractivity (Wildman–Crippen MR) is 125 cm³/mol. The molecule has 1 saturated heterocycles. The molecule has 5 heteroatoms. The first-order valence-corrected chi connectivity index (χ1v) is 11.0. The highest BCUT2D eigenvalue weighted by atomic mass is 15.2. The summed E-state index contributed by atoms with van der Waals surface area (Å²) in [5.41, 5.74) is 6.56. The van der Waals surface area contributed by atoms with Crippen molar-refractivity contribution in [3.8, 4) is 0 Å². The predicted octanol–water partition coefficient (Wildman–Crippen LogP) is 4.73. The van der Waals surface area contributed by atoms with Gasteiger partial charge in [-0.05, 0) is 43.4 Å². The Morgan fingerprint density at radius 2 is 1.74 bits per heavy atom. The van der Waals surface area contributed by atoms with E-state index in [1.165, 1.54) is 16.7 Å². The molecule has 3 aromatic rings. The number of benzene rings is 2. The van der Waals surface area contributed by atoms with Crippen LogP contribution in [0.15, 0.2) is 59.6 Å². The number of likely N-dealkylation sites (tertiary alicyclic amines) is 1. The Balaban J connectivity index is 1.44. The minimum Gasteiger partial charge on any atom is -0.298 e. The van der Waals surface area contributed by atoms with Crippen molar-refractivity contribution in [1.82, 2.24) is 20.1 Å². The van der Waals surface area contributed by atoms with E-state index in [4.69, 9.17) is 9.98 Å². The van der Waals surface area contributed by atoms with Gasteiger partial charge >= 0.3 is 0 Å². The lowest BCUT2D eigenvalue weighted by Gasteiger charge is -2.15. The molecule has 0 radical (unpaired) electrons. The number of rotatable bonds is 6. The molecule has 0 spiro atoms. The van der Waals surface area contributed by atoms with Crippen molar-refractivity contribution >= 4 is 5.71 Å². The van der Waals surface area contributed by atoms with Crippen LogP contribution in [0.4, 0.5) is 0 Å². The zero-order chi connectivity index (χ0) is 21.8. The second-order valence-corrected chi connectivity index (χ2v) is 8.68. The van der Waals surface area contributed by atoms with E-state index < -0.39 is 0 Å². The van der Waals surface area contributed by atoms with Crippen LogP contribution in [0.1, 0.15) is 53.7 Å². The van der Waals surface area contributed by atoms with Crippen LogP contribution < -0.4 is 0 Å². The van der Waals surface area contributed by atoms with E-state index in [0.717, 1.165) is 42.6 Å². The maximum atomic E-state index is 4.85. The van der Waals surface area contributed by atoms with E-state index in [1.807, 2.05) is 13.0 Å². The highest BCUT2D eigenvalue weighted by molar-refractivity contribution is 5.99. The molecule has 2 atom stereocenters. The molecule has 0 N–H and O–H groups in total. The van der Waals surface area contributed by atoms with Crippen molar-refractivity contribution in [2.24, 2.45) is 10.9 Å². The van der Waals surface area contributed by atoms with E-state index in [1.54, 1.807) is 0 Å². The Bertz CT molecular complexity index is 1060. The number of aryl methyl sites for hydroxylation is 2. The molecule has 2 heterocycles. The van der Waals surface area contributed by atoms with Gasteiger partial charge in [0.2, 0.25) is 0 Å². The second-order valence-electron chi connectivity index (χ2n) is 8.68. The first kappa shape index (κ1) is 21.3. The monoisotopic (exact) mass is 413 g/mol. The van der Waals surface area contributed by atoms with E-state index >= 15 is 0 Å². The fraction of sp³-hybridized carbons (Fsp3) is 0.385. The van der Waals surface area contributed by atoms with Crippen molar-refractivity contribution in [2.45, 2.75) is 46.7 Å². The Kier molecular flexibility index (Phi) is 6.52. The normalized spacial score (nSPS) is 19.7. The molecule has 0 bridgehead atoms. The van der Waals surface area contributed by atoms with Crippen LogP contribution in [0.25, 0.3) is 0 Å². The molecule has 1 aromatic heterocycles. The zero-order valence-electron chi connectivity index (χ0n) is 18.9. The van der Waals surface area contributed by atoms with Crippen molar-refractivity contribution < 1.29 is 0 Å². The molecule has 0 aliphatic carbocycles. The number of hydrogen-bond donors (Lipinski definition) is 0. The van der Waals surface area contributed by atoms with E-state index in [2.05, 4.69) is 84.4 Å². The fourth-order valence-corrected chi connectivity index (χ4v) is 4.38. The van der Waals surface area contributed by atoms with Crippen LogP contribution in [0, 0.1) is 19.8 Å². The smallest absolute Gasteiger partial charge is 0.155 e. The van der Waals surface area contributed by atoms with Gasteiger partial charge in [-0.25, -0.2) is 4.98 Å². The minimum absolute atomic E-state index is 0.321. The van der Waals surface area contributed by atoms with Crippen molar-refractivity contribution in [3.05, 3.63) is 88.5 Å². The molecule has 2 unspecified atom stereocenters. The summed E-state index contributed by atoms with van der Waals surface area (Å²) in [5.74, 6) is 1.70. The van der Waals surface area contributed by atoms with Gasteiger partial charge < -0.3 is 0 Å². The van der Waals surface area contributed by atoms with Gasteiger partial charge in [-0.15, -0.1) is 10.2 Å². The van der Waals surface area contributed by atoms with Gasteiger partial charge in [-0.1, -0.05) is 61.5 Å². The number of hydrogen-bond acceptors (Lipinski definition) is 5. The average Bonchev–Trinajstić information content (AvgIpc) is 3.13. The molecule has 5 nitrogen and oxygen atoms in total. The van der Waals surface area contributed by atoms with E-state index in [0.29, 0.717) is 18.4 Å². The first-order chi connectivity index (χ1) is 15.0. The molecular weight excluding hydrogens is 382 g/mol. The summed E-state index contributed by atoms with van der Waals surface area (Å²) >= 11 is 0. The fourth-order valence-electron chi connectivity index (χ4n) is 4.38. The Labute approximate surface area is 185 Å². The molecule has 2 aromatic carbocycles. The van der Waals surface area contributed by atoms with Crippen LogP contribution in [0.5, 0.6) is 0 Å². The Morgan fingerprint density at radius 3 is 2.48 bits per heavy atom. The first-order valence-electron chi connectivity index (χ1n) is 11.0. The molecular formula is C26H31N5. The molecule has 1 aliphatic rings. The maximum absolute atomic E-state index is 4.85. The van der Waals surface area contributed by atoms with Crippen LogP contribution in [0.2, 0.25) is 0 Å². The van der Waals surface area contributed by atoms with Crippen LogP contribution in [-0.4, -0.2) is 38.9 Å². The quantitative estimate of drug-likeness (QED) is 0.548. The average molecular weight is 414 g/mol. The molecule has 31 heavy (non-hydrogen) atoms. The molecule has 0 amide bonds. The highest BCUT2D eigenvalue weighted by Crippen LogP contribution is 2.31. The Hall–Kier alpha value is -2.92. The van der Waals surface area contributed by atoms with Gasteiger partial charge in [0.25, 0.3) is 0 Å². The number of aliphatic imine (C=N–C) groups is 1. The van der Waals surface area contributed by atoms with Crippen LogP contribution in [0.3, 0.4) is 0 Å². The summed E-state index contributed by atoms with van der Waals surface area (Å²) in [6, 6.07) is 19.0. The third-order valence-electron chi connectivity index (χ3n) is 6.24. The summed E-state index contributed by atoms with van der Waals surface area (Å²) in [5, 5.41) is 9.04. The van der Waals surface area contributed by atoms with Gasteiger partial charge in [-0.3, -0.25) is 9.89 Å². The van der Waals surface area contributed by atoms with Crippen LogP contribution >= 0.6 is 0 Å². The lowest BCUT2D eigenvalue weighted by Crippen LogP contribution is -2.20. The van der Waals surface area contributed by atoms with E-state index in [-0.39, 0.29) is 0 Å². The summed E-state index contributed by atoms with van der Waals surface area (Å²) < 4.78 is 0. The van der Waals surface area contributed by atoms with Gasteiger partial charge in [-0.2, -0.15) is 0 Å². The largest absolute Gasteiger partial charge is 0.298 e. The highest BCUT2D eigenvalue weighted by Gasteiger charge is 2.33. The van der Waals surface area contributed by atoms with Gasteiger partial charge in [0.05, 0.1) is 12.2 Å². The molecule has 0 saturated carbocycles. The third kappa shape index (κ3) is 5.05. The second kappa shape index (κ2) is 9.48. The molecule has 160 valence electrons. The minimum atomic E-state index is 0.321. The van der Waals surface area contributed by atoms with Crippen molar-refractivity contribution in [2.75, 3.05) is 13.1 Å². The summed E-state index contributed by atoms with van der Waals surface area (Å²) in [4.78, 5) is 12.1. The Morgan fingerprint density at radius 1 is 1.00 bits per heavy atom. The van der Waals surface area contributed by atoms with Crippen molar-refractivity contribution in [1.29, 1.82) is 0 Å². The lowest BCUT2D eigenvalue weighted by molar-refractivity contribution is 0.318. The number of nitrogens with zero attached hydrogens (tertiary/aromatic N) is 5. The zero-order valence-corrected chi connectivity index (χ0v) is 18.9. The molecule has 1 aliphatic heterocycles. The number of aromatic nitrogens is 3. The maximum Gasteiger partial charge on any atom is 0.155 e.